The van der Waals surface area contributed by atoms with Gasteiger partial charge in [-0.15, -0.1) is 0 Å². The first kappa shape index (κ1) is 20.8. The summed E-state index contributed by atoms with van der Waals surface area (Å²) in [6.07, 6.45) is 1.51. The van der Waals surface area contributed by atoms with E-state index in [-0.39, 0.29) is 27.9 Å². The minimum Gasteiger partial charge on any atom is -0.422 e. The maximum absolute atomic E-state index is 12.6. The highest BCUT2D eigenvalue weighted by Gasteiger charge is 2.25. The van der Waals surface area contributed by atoms with Crippen molar-refractivity contribution in [3.8, 4) is 5.75 Å². The van der Waals surface area contributed by atoms with E-state index in [1.165, 1.54) is 18.2 Å². The molecule has 0 saturated heterocycles. The lowest BCUT2D eigenvalue weighted by atomic mass is 10.1. The van der Waals surface area contributed by atoms with Gasteiger partial charge < -0.3 is 9.47 Å². The van der Waals surface area contributed by atoms with E-state index in [1.807, 2.05) is 31.2 Å². The third-order valence-electron chi connectivity index (χ3n) is 4.45. The van der Waals surface area contributed by atoms with E-state index < -0.39 is 11.9 Å². The van der Waals surface area contributed by atoms with Crippen molar-refractivity contribution < 1.29 is 19.1 Å². The van der Waals surface area contributed by atoms with Crippen LogP contribution in [-0.4, -0.2) is 17.8 Å². The minimum absolute atomic E-state index is 0.101. The Labute approximate surface area is 188 Å². The fraction of sp³-hybridized carbons (Fsp3) is 0.0417. The van der Waals surface area contributed by atoms with Crippen LogP contribution in [0.4, 0.5) is 0 Å². The van der Waals surface area contributed by atoms with Crippen LogP contribution in [-0.2, 0) is 9.53 Å². The molecule has 154 valence electrons. The van der Waals surface area contributed by atoms with Gasteiger partial charge in [0, 0.05) is 16.1 Å². The number of para-hydroxylation sites is 1. The number of benzene rings is 3. The number of ether oxygens (including phenoxy) is 2. The highest BCUT2D eigenvalue weighted by atomic mass is 35.5. The van der Waals surface area contributed by atoms with E-state index in [4.69, 9.17) is 32.7 Å². The number of halogens is 2. The van der Waals surface area contributed by atoms with Crippen molar-refractivity contribution in [1.29, 1.82) is 0 Å². The number of aliphatic imine (C=N–C) groups is 1. The van der Waals surface area contributed by atoms with Gasteiger partial charge in [0.2, 0.25) is 5.90 Å². The van der Waals surface area contributed by atoms with Crippen molar-refractivity contribution in [2.75, 3.05) is 0 Å². The molecule has 0 spiro atoms. The summed E-state index contributed by atoms with van der Waals surface area (Å²) in [4.78, 5) is 29.2. The van der Waals surface area contributed by atoms with E-state index in [2.05, 4.69) is 4.99 Å². The highest BCUT2D eigenvalue weighted by molar-refractivity contribution is 6.36. The zero-order valence-electron chi connectivity index (χ0n) is 16.3. The normalized spacial score (nSPS) is 14.4. The molecular weight excluding hydrogens is 437 g/mol. The number of cyclic esters (lactones) is 1. The van der Waals surface area contributed by atoms with Gasteiger partial charge in [-0.25, -0.2) is 14.6 Å². The molecule has 1 heterocycles. The largest absolute Gasteiger partial charge is 0.422 e. The smallest absolute Gasteiger partial charge is 0.363 e. The number of hydrogen-bond donors (Lipinski definition) is 0. The first-order valence-corrected chi connectivity index (χ1v) is 10.0. The lowest BCUT2D eigenvalue weighted by molar-refractivity contribution is -0.129. The standard InChI is InChI=1S/C24H15Cl2NO4/c1-14-5-4-7-16(11-14)22-27-20(24(29)31-22)12-15-6-2-3-8-21(15)30-23(28)18-10-9-17(25)13-19(18)26/h2-13H,1H3/b20-12+. The van der Waals surface area contributed by atoms with Crippen LogP contribution in [0.3, 0.4) is 0 Å². The molecule has 4 rings (SSSR count). The van der Waals surface area contributed by atoms with Gasteiger partial charge >= 0.3 is 11.9 Å². The van der Waals surface area contributed by atoms with Gasteiger partial charge in [0.15, 0.2) is 5.70 Å². The molecule has 0 aromatic heterocycles. The molecule has 1 aliphatic rings. The summed E-state index contributed by atoms with van der Waals surface area (Å²) in [7, 11) is 0. The summed E-state index contributed by atoms with van der Waals surface area (Å²) in [5, 5.41) is 0.591. The van der Waals surface area contributed by atoms with Gasteiger partial charge in [0.25, 0.3) is 0 Å². The second-order valence-corrected chi connectivity index (χ2v) is 7.60. The van der Waals surface area contributed by atoms with E-state index >= 15 is 0 Å². The second-order valence-electron chi connectivity index (χ2n) is 6.76. The lowest BCUT2D eigenvalue weighted by Crippen LogP contribution is -2.10. The van der Waals surface area contributed by atoms with Crippen LogP contribution in [0.15, 0.2) is 77.4 Å². The lowest BCUT2D eigenvalue weighted by Gasteiger charge is -2.09. The van der Waals surface area contributed by atoms with Crippen LogP contribution in [0.1, 0.15) is 27.0 Å². The fourth-order valence-corrected chi connectivity index (χ4v) is 3.45. The first-order chi connectivity index (χ1) is 14.9. The fourth-order valence-electron chi connectivity index (χ4n) is 2.96. The molecule has 7 heteroatoms. The molecular formula is C24H15Cl2NO4. The number of aryl methyl sites for hydroxylation is 1. The molecule has 0 radical (unpaired) electrons. The number of nitrogens with zero attached hydrogens (tertiary/aromatic N) is 1. The molecule has 31 heavy (non-hydrogen) atoms. The summed E-state index contributed by atoms with van der Waals surface area (Å²) in [5.74, 6) is -0.760. The number of carbonyl (C=O) groups excluding carboxylic acids is 2. The van der Waals surface area contributed by atoms with Crippen LogP contribution in [0, 0.1) is 6.92 Å². The molecule has 0 N–H and O–H groups in total. The number of rotatable bonds is 4. The van der Waals surface area contributed by atoms with Gasteiger partial charge in [-0.1, -0.05) is 59.1 Å². The van der Waals surface area contributed by atoms with Gasteiger partial charge in [0.05, 0.1) is 10.6 Å². The highest BCUT2D eigenvalue weighted by Crippen LogP contribution is 2.27. The molecule has 3 aromatic rings. The van der Waals surface area contributed by atoms with Crippen molar-refractivity contribution in [2.24, 2.45) is 4.99 Å². The Hall–Kier alpha value is -3.41. The SMILES string of the molecule is Cc1cccc(C2=N/C(=C/c3ccccc3OC(=O)c3ccc(Cl)cc3Cl)C(=O)O2)c1. The molecule has 0 atom stereocenters. The summed E-state index contributed by atoms with van der Waals surface area (Å²) in [6.45, 7) is 1.94. The van der Waals surface area contributed by atoms with Crippen molar-refractivity contribution in [3.63, 3.8) is 0 Å². The predicted octanol–water partition coefficient (Wildman–Crippen LogP) is 5.87. The number of carbonyl (C=O) groups is 2. The van der Waals surface area contributed by atoms with Crippen LogP contribution in [0.5, 0.6) is 5.75 Å². The number of hydrogen-bond acceptors (Lipinski definition) is 5. The zero-order chi connectivity index (χ0) is 22.0. The van der Waals surface area contributed by atoms with Crippen molar-refractivity contribution in [3.05, 3.63) is 105 Å². The minimum atomic E-state index is -0.648. The average molecular weight is 452 g/mol. The molecule has 0 unspecified atom stereocenters. The molecule has 3 aromatic carbocycles. The Bertz CT molecular complexity index is 1260. The maximum atomic E-state index is 12.6. The summed E-state index contributed by atoms with van der Waals surface area (Å²) < 4.78 is 10.8. The molecule has 0 saturated carbocycles. The van der Waals surface area contributed by atoms with Crippen molar-refractivity contribution in [1.82, 2.24) is 0 Å². The average Bonchev–Trinajstić information content (AvgIpc) is 3.10. The Balaban J connectivity index is 1.63. The van der Waals surface area contributed by atoms with Gasteiger partial charge in [0.1, 0.15) is 5.75 Å². The molecule has 0 amide bonds. The van der Waals surface area contributed by atoms with Crippen LogP contribution in [0.2, 0.25) is 10.0 Å². The van der Waals surface area contributed by atoms with E-state index in [0.717, 1.165) is 5.56 Å². The second kappa shape index (κ2) is 8.76. The van der Waals surface area contributed by atoms with Crippen molar-refractivity contribution >= 4 is 47.1 Å². The Morgan fingerprint density at radius 1 is 1.03 bits per heavy atom. The maximum Gasteiger partial charge on any atom is 0.363 e. The third-order valence-corrected chi connectivity index (χ3v) is 5.00. The monoisotopic (exact) mass is 451 g/mol. The Morgan fingerprint density at radius 3 is 2.61 bits per heavy atom. The van der Waals surface area contributed by atoms with Gasteiger partial charge in [-0.05, 0) is 49.4 Å². The van der Waals surface area contributed by atoms with Gasteiger partial charge in [-0.2, -0.15) is 0 Å². The van der Waals surface area contributed by atoms with E-state index in [0.29, 0.717) is 16.1 Å². The number of esters is 2. The molecule has 0 bridgehead atoms. The summed E-state index contributed by atoms with van der Waals surface area (Å²) >= 11 is 12.0. The molecule has 0 fully saturated rings. The summed E-state index contributed by atoms with van der Waals surface area (Å²) in [5.41, 5.74) is 2.49. The van der Waals surface area contributed by atoms with E-state index in [1.54, 1.807) is 30.3 Å². The summed E-state index contributed by atoms with van der Waals surface area (Å²) in [6, 6.07) is 18.8. The Morgan fingerprint density at radius 2 is 1.84 bits per heavy atom. The van der Waals surface area contributed by atoms with E-state index in [9.17, 15) is 9.59 Å². The molecule has 1 aliphatic heterocycles. The predicted molar refractivity (Wildman–Crippen MR) is 120 cm³/mol. The Kier molecular flexibility index (Phi) is 5.89. The topological polar surface area (TPSA) is 65.0 Å². The van der Waals surface area contributed by atoms with Crippen LogP contribution < -0.4 is 4.74 Å². The zero-order valence-corrected chi connectivity index (χ0v) is 17.8. The quantitative estimate of drug-likeness (QED) is 0.282. The van der Waals surface area contributed by atoms with Crippen LogP contribution in [0.25, 0.3) is 6.08 Å². The first-order valence-electron chi connectivity index (χ1n) is 9.26. The molecule has 5 nitrogen and oxygen atoms in total. The third kappa shape index (κ3) is 4.68. The van der Waals surface area contributed by atoms with Crippen molar-refractivity contribution in [2.45, 2.75) is 6.92 Å². The van der Waals surface area contributed by atoms with Gasteiger partial charge in [-0.3, -0.25) is 0 Å². The van der Waals surface area contributed by atoms with Crippen LogP contribution >= 0.6 is 23.2 Å². The molecule has 0 aliphatic carbocycles.